The first-order valence-electron chi connectivity index (χ1n) is 8.58. The Balaban J connectivity index is 2.58. The van der Waals surface area contributed by atoms with Gasteiger partial charge in [0.2, 0.25) is 0 Å². The van der Waals surface area contributed by atoms with Crippen LogP contribution in [0.4, 0.5) is 36.4 Å². The first-order valence-corrected chi connectivity index (χ1v) is 8.58. The minimum absolute atomic E-state index is 0.314. The Morgan fingerprint density at radius 1 is 0.968 bits per heavy atom. The van der Waals surface area contributed by atoms with Crippen LogP contribution in [0.15, 0.2) is 48.5 Å². The SMILES string of the molecule is CCOC(=O)[C@](NC(=O)c1ccccc1F)(Nc1cccc(C(F)(F)F)c1)C(F)(F)F. The number of ether oxygens (including phenoxy) is 1. The third-order valence-electron chi connectivity index (χ3n) is 3.95. The van der Waals surface area contributed by atoms with Crippen LogP contribution in [-0.2, 0) is 15.7 Å². The topological polar surface area (TPSA) is 67.4 Å². The minimum atomic E-state index is -5.60. The average molecular weight is 452 g/mol. The summed E-state index contributed by atoms with van der Waals surface area (Å²) in [5.74, 6) is -4.88. The highest BCUT2D eigenvalue weighted by molar-refractivity contribution is 5.99. The van der Waals surface area contributed by atoms with Gasteiger partial charge in [-0.05, 0) is 37.3 Å². The van der Waals surface area contributed by atoms with E-state index >= 15 is 0 Å². The van der Waals surface area contributed by atoms with Crippen LogP contribution in [0.1, 0.15) is 22.8 Å². The molecule has 12 heteroatoms. The second-order valence-corrected chi connectivity index (χ2v) is 6.11. The molecule has 1 atom stereocenters. The van der Waals surface area contributed by atoms with Crippen molar-refractivity contribution in [1.29, 1.82) is 0 Å². The Bertz CT molecular complexity index is 960. The lowest BCUT2D eigenvalue weighted by atomic mass is 10.1. The number of amides is 1. The summed E-state index contributed by atoms with van der Waals surface area (Å²) in [5, 5.41) is 2.94. The normalized spacial score (nSPS) is 13.8. The van der Waals surface area contributed by atoms with Crippen LogP contribution in [0.25, 0.3) is 0 Å². The molecular weight excluding hydrogens is 437 g/mol. The largest absolute Gasteiger partial charge is 0.463 e. The fourth-order valence-corrected chi connectivity index (χ4v) is 2.50. The smallest absolute Gasteiger partial charge is 0.441 e. The van der Waals surface area contributed by atoms with Crippen molar-refractivity contribution < 1.29 is 45.1 Å². The number of hydrogen-bond donors (Lipinski definition) is 2. The Kier molecular flexibility index (Phi) is 6.82. The van der Waals surface area contributed by atoms with Crippen LogP contribution >= 0.6 is 0 Å². The zero-order chi connectivity index (χ0) is 23.4. The summed E-state index contributed by atoms with van der Waals surface area (Å²) in [5.41, 5.74) is -6.94. The number of rotatable bonds is 6. The third-order valence-corrected chi connectivity index (χ3v) is 3.95. The number of esters is 1. The lowest BCUT2D eigenvalue weighted by Crippen LogP contribution is -2.69. The van der Waals surface area contributed by atoms with E-state index in [1.807, 2.05) is 0 Å². The van der Waals surface area contributed by atoms with Gasteiger partial charge < -0.3 is 15.4 Å². The highest BCUT2D eigenvalue weighted by atomic mass is 19.4. The van der Waals surface area contributed by atoms with Gasteiger partial charge in [-0.15, -0.1) is 0 Å². The molecule has 2 aromatic carbocycles. The van der Waals surface area contributed by atoms with E-state index in [-0.39, 0.29) is 0 Å². The molecule has 0 unspecified atom stereocenters. The zero-order valence-corrected chi connectivity index (χ0v) is 15.7. The van der Waals surface area contributed by atoms with Crippen molar-refractivity contribution in [3.8, 4) is 0 Å². The van der Waals surface area contributed by atoms with E-state index in [1.54, 1.807) is 5.32 Å². The Labute approximate surface area is 171 Å². The van der Waals surface area contributed by atoms with Crippen molar-refractivity contribution in [3.05, 3.63) is 65.5 Å². The Morgan fingerprint density at radius 3 is 2.16 bits per heavy atom. The van der Waals surface area contributed by atoms with Gasteiger partial charge in [-0.3, -0.25) is 4.79 Å². The number of anilines is 1. The van der Waals surface area contributed by atoms with Crippen LogP contribution in [-0.4, -0.2) is 30.3 Å². The van der Waals surface area contributed by atoms with Crippen LogP contribution in [0.2, 0.25) is 0 Å². The molecule has 1 amide bonds. The van der Waals surface area contributed by atoms with Crippen LogP contribution in [0.5, 0.6) is 0 Å². The van der Waals surface area contributed by atoms with Gasteiger partial charge in [-0.25, -0.2) is 9.18 Å². The lowest BCUT2D eigenvalue weighted by molar-refractivity contribution is -0.204. The molecule has 0 aliphatic rings. The van der Waals surface area contributed by atoms with E-state index in [1.165, 1.54) is 18.3 Å². The highest BCUT2D eigenvalue weighted by Crippen LogP contribution is 2.36. The molecule has 31 heavy (non-hydrogen) atoms. The maximum atomic E-state index is 14.1. The van der Waals surface area contributed by atoms with Gasteiger partial charge in [-0.2, -0.15) is 26.3 Å². The van der Waals surface area contributed by atoms with Crippen molar-refractivity contribution in [2.24, 2.45) is 0 Å². The molecule has 0 saturated carbocycles. The van der Waals surface area contributed by atoms with E-state index in [0.717, 1.165) is 30.3 Å². The second kappa shape index (κ2) is 8.82. The molecule has 0 fully saturated rings. The molecular formula is C19H15F7N2O3. The molecule has 0 aliphatic heterocycles. The zero-order valence-electron chi connectivity index (χ0n) is 15.7. The van der Waals surface area contributed by atoms with Gasteiger partial charge in [0, 0.05) is 5.69 Å². The van der Waals surface area contributed by atoms with Gasteiger partial charge in [0.1, 0.15) is 5.82 Å². The summed E-state index contributed by atoms with van der Waals surface area (Å²) in [6.07, 6.45) is -10.5. The van der Waals surface area contributed by atoms with Gasteiger partial charge in [0.15, 0.2) is 0 Å². The summed E-state index contributed by atoms with van der Waals surface area (Å²) in [7, 11) is 0. The average Bonchev–Trinajstić information content (AvgIpc) is 2.66. The lowest BCUT2D eigenvalue weighted by Gasteiger charge is -2.35. The molecule has 0 saturated heterocycles. The number of alkyl halides is 6. The van der Waals surface area contributed by atoms with Crippen molar-refractivity contribution >= 4 is 17.6 Å². The van der Waals surface area contributed by atoms with Crippen molar-refractivity contribution in [3.63, 3.8) is 0 Å². The second-order valence-electron chi connectivity index (χ2n) is 6.11. The fraction of sp³-hybridized carbons (Fsp3) is 0.263. The summed E-state index contributed by atoms with van der Waals surface area (Å²) >= 11 is 0. The predicted octanol–water partition coefficient (Wildman–Crippen LogP) is 4.51. The Morgan fingerprint density at radius 2 is 1.61 bits per heavy atom. The van der Waals surface area contributed by atoms with Gasteiger partial charge in [0.25, 0.3) is 5.91 Å². The summed E-state index contributed by atoms with van der Waals surface area (Å²) in [6, 6.07) is 6.54. The molecule has 0 spiro atoms. The van der Waals surface area contributed by atoms with Gasteiger partial charge in [-0.1, -0.05) is 18.2 Å². The van der Waals surface area contributed by atoms with E-state index in [4.69, 9.17) is 0 Å². The minimum Gasteiger partial charge on any atom is -0.463 e. The first-order chi connectivity index (χ1) is 14.3. The fourth-order valence-electron chi connectivity index (χ4n) is 2.50. The van der Waals surface area contributed by atoms with Crippen molar-refractivity contribution in [1.82, 2.24) is 5.32 Å². The Hall–Kier alpha value is -3.31. The van der Waals surface area contributed by atoms with E-state index in [9.17, 15) is 40.3 Å². The number of carbonyl (C=O) groups is 2. The molecule has 0 aliphatic carbocycles. The highest BCUT2D eigenvalue weighted by Gasteiger charge is 2.63. The van der Waals surface area contributed by atoms with Crippen molar-refractivity contribution in [2.75, 3.05) is 11.9 Å². The molecule has 2 rings (SSSR count). The number of carbonyl (C=O) groups excluding carboxylic acids is 2. The monoisotopic (exact) mass is 452 g/mol. The molecule has 5 nitrogen and oxygen atoms in total. The maximum absolute atomic E-state index is 14.1. The van der Waals surface area contributed by atoms with Gasteiger partial charge in [0.05, 0.1) is 17.7 Å². The van der Waals surface area contributed by atoms with Crippen molar-refractivity contribution in [2.45, 2.75) is 24.9 Å². The number of nitrogens with one attached hydrogen (secondary N) is 2. The maximum Gasteiger partial charge on any atom is 0.441 e. The third kappa shape index (κ3) is 5.25. The van der Waals surface area contributed by atoms with Crippen LogP contribution in [0, 0.1) is 5.82 Å². The van der Waals surface area contributed by atoms with Gasteiger partial charge >= 0.3 is 24.0 Å². The van der Waals surface area contributed by atoms with Crippen LogP contribution < -0.4 is 10.6 Å². The predicted molar refractivity (Wildman–Crippen MR) is 94.4 cm³/mol. The summed E-state index contributed by atoms with van der Waals surface area (Å²) < 4.78 is 99.3. The number of benzene rings is 2. The summed E-state index contributed by atoms with van der Waals surface area (Å²) in [6.45, 7) is 0.637. The van der Waals surface area contributed by atoms with E-state index in [2.05, 4.69) is 4.74 Å². The molecule has 0 radical (unpaired) electrons. The van der Waals surface area contributed by atoms with Crippen LogP contribution in [0.3, 0.4) is 0 Å². The molecule has 2 N–H and O–H groups in total. The standard InChI is InChI=1S/C19H15F7N2O3/c1-2-31-16(30)17(19(24,25)26,28-15(29)13-8-3-4-9-14(13)20)27-12-7-5-6-11(10-12)18(21,22)23/h3-10,27H,2H2,1H3,(H,28,29)/t17-/m1/s1. The molecule has 168 valence electrons. The first kappa shape index (κ1) is 24.0. The molecule has 0 aromatic heterocycles. The number of hydrogen-bond acceptors (Lipinski definition) is 4. The molecule has 0 heterocycles. The van der Waals surface area contributed by atoms with E-state index < -0.39 is 59.1 Å². The molecule has 2 aromatic rings. The summed E-state index contributed by atoms with van der Waals surface area (Å²) in [4.78, 5) is 24.7. The van der Waals surface area contributed by atoms with E-state index in [0.29, 0.717) is 12.1 Å². The molecule has 0 bridgehead atoms. The quantitative estimate of drug-likeness (QED) is 0.385. The number of halogens is 7.